The lowest BCUT2D eigenvalue weighted by atomic mass is 9.96. The smallest absolute Gasteiger partial charge is 0.238 e. The minimum Gasteiger partial charge on any atom is -0.456 e. The summed E-state index contributed by atoms with van der Waals surface area (Å²) in [6, 6.07) is 65.0. The standard InChI is InChI=1S/C55H30N4OS/c1-2-11-31(12-3-1)53-56-54(34-22-25-48-41(29-34)37-15-6-8-19-47(37)60-48)58-55(57-53)59-45-24-21-32(33-23-26-50-42(27-33)38-16-7-9-20-49(38)61-50)28-44(45)52-40-18-10-17-39-35-13-4-5-14-36(35)43(51(39)40)30-46(52)59/h1-30H. The first-order valence-corrected chi connectivity index (χ1v) is 21.3. The SMILES string of the molecule is c1ccc(-c2nc(-c3ccc4oc5ccccc5c4c3)nc(-n3c4ccc(-c5ccc6sc7ccccc7c6c5)cc4c4c5cccc6c5c(cc43)-c3ccccc3-6)n2)cc1. The molecule has 0 fully saturated rings. The van der Waals surface area contributed by atoms with E-state index in [4.69, 9.17) is 19.4 Å². The number of furan rings is 1. The van der Waals surface area contributed by atoms with Crippen LogP contribution in [0.1, 0.15) is 0 Å². The molecule has 5 nitrogen and oxygen atoms in total. The Labute approximate surface area is 352 Å². The molecule has 14 rings (SSSR count). The predicted octanol–water partition coefficient (Wildman–Crippen LogP) is 15.0. The second-order valence-corrected chi connectivity index (χ2v) is 17.0. The Morgan fingerprint density at radius 1 is 0.361 bits per heavy atom. The fraction of sp³-hybridized carbons (Fsp3) is 0. The number of aromatic nitrogens is 4. The largest absolute Gasteiger partial charge is 0.456 e. The number of thiophene rings is 1. The first-order chi connectivity index (χ1) is 30.2. The Bertz CT molecular complexity index is 4010. The molecule has 0 saturated heterocycles. The molecule has 0 spiro atoms. The zero-order chi connectivity index (χ0) is 39.8. The van der Waals surface area contributed by atoms with Crippen LogP contribution in [-0.4, -0.2) is 19.5 Å². The van der Waals surface area contributed by atoms with Crippen molar-refractivity contribution in [2.75, 3.05) is 0 Å². The number of para-hydroxylation sites is 1. The van der Waals surface area contributed by atoms with Crippen molar-refractivity contribution in [1.82, 2.24) is 19.5 Å². The lowest BCUT2D eigenvalue weighted by Gasteiger charge is -2.12. The van der Waals surface area contributed by atoms with Crippen LogP contribution in [-0.2, 0) is 0 Å². The highest BCUT2D eigenvalue weighted by Gasteiger charge is 2.27. The summed E-state index contributed by atoms with van der Waals surface area (Å²) in [5.74, 6) is 1.77. The lowest BCUT2D eigenvalue weighted by Crippen LogP contribution is -2.06. The zero-order valence-corrected chi connectivity index (χ0v) is 33.2. The average Bonchev–Trinajstić information content (AvgIpc) is 4.07. The van der Waals surface area contributed by atoms with Crippen molar-refractivity contribution in [2.45, 2.75) is 0 Å². The monoisotopic (exact) mass is 794 g/mol. The third-order valence-electron chi connectivity index (χ3n) is 12.6. The van der Waals surface area contributed by atoms with Gasteiger partial charge in [0, 0.05) is 52.8 Å². The third kappa shape index (κ3) is 4.73. The Morgan fingerprint density at radius 2 is 1.00 bits per heavy atom. The van der Waals surface area contributed by atoms with Gasteiger partial charge < -0.3 is 4.42 Å². The number of hydrogen-bond acceptors (Lipinski definition) is 5. The van der Waals surface area contributed by atoms with Crippen LogP contribution in [0.2, 0.25) is 0 Å². The molecule has 0 unspecified atom stereocenters. The van der Waals surface area contributed by atoms with Crippen molar-refractivity contribution < 1.29 is 4.42 Å². The molecule has 61 heavy (non-hydrogen) atoms. The topological polar surface area (TPSA) is 56.7 Å². The molecule has 0 amide bonds. The van der Waals surface area contributed by atoms with Crippen molar-refractivity contribution in [3.05, 3.63) is 182 Å². The normalized spacial score (nSPS) is 12.3. The Hall–Kier alpha value is -7.93. The molecule has 1 aliphatic carbocycles. The van der Waals surface area contributed by atoms with E-state index in [1.54, 1.807) is 0 Å². The summed E-state index contributed by atoms with van der Waals surface area (Å²) in [4.78, 5) is 15.9. The summed E-state index contributed by atoms with van der Waals surface area (Å²) in [7, 11) is 0. The van der Waals surface area contributed by atoms with Crippen molar-refractivity contribution >= 4 is 86.0 Å². The molecular weight excluding hydrogens is 765 g/mol. The maximum Gasteiger partial charge on any atom is 0.238 e. The molecule has 4 aromatic heterocycles. The van der Waals surface area contributed by atoms with E-state index < -0.39 is 0 Å². The van der Waals surface area contributed by atoms with Gasteiger partial charge in [0.2, 0.25) is 5.95 Å². The number of nitrogens with zero attached hydrogens (tertiary/aromatic N) is 4. The summed E-state index contributed by atoms with van der Waals surface area (Å²) >= 11 is 1.85. The van der Waals surface area contributed by atoms with Crippen LogP contribution in [0.4, 0.5) is 0 Å². The Balaban J connectivity index is 1.07. The van der Waals surface area contributed by atoms with Crippen molar-refractivity contribution in [2.24, 2.45) is 0 Å². The van der Waals surface area contributed by atoms with Crippen LogP contribution in [0.25, 0.3) is 137 Å². The molecule has 9 aromatic carbocycles. The summed E-state index contributed by atoms with van der Waals surface area (Å²) in [5, 5.41) is 9.51. The van der Waals surface area contributed by atoms with Crippen molar-refractivity contribution in [3.8, 4) is 62.1 Å². The fourth-order valence-electron chi connectivity index (χ4n) is 9.86. The van der Waals surface area contributed by atoms with E-state index in [0.717, 1.165) is 55.0 Å². The van der Waals surface area contributed by atoms with Gasteiger partial charge >= 0.3 is 0 Å². The van der Waals surface area contributed by atoms with E-state index >= 15 is 0 Å². The number of benzene rings is 9. The molecule has 0 radical (unpaired) electrons. The molecule has 6 heteroatoms. The summed E-state index contributed by atoms with van der Waals surface area (Å²) in [5.41, 5.74) is 12.9. The van der Waals surface area contributed by atoms with E-state index in [0.29, 0.717) is 17.6 Å². The summed E-state index contributed by atoms with van der Waals surface area (Å²) in [6.07, 6.45) is 0. The Morgan fingerprint density at radius 3 is 1.89 bits per heavy atom. The van der Waals surface area contributed by atoms with Crippen LogP contribution >= 0.6 is 11.3 Å². The highest BCUT2D eigenvalue weighted by molar-refractivity contribution is 7.25. The van der Waals surface area contributed by atoms with Gasteiger partial charge in [-0.2, -0.15) is 9.97 Å². The first kappa shape index (κ1) is 33.0. The van der Waals surface area contributed by atoms with Crippen LogP contribution in [0, 0.1) is 0 Å². The minimum absolute atomic E-state index is 0.564. The second-order valence-electron chi connectivity index (χ2n) is 15.9. The third-order valence-corrected chi connectivity index (χ3v) is 13.7. The number of fused-ring (bicyclic) bond motifs is 13. The molecular formula is C55H30N4OS. The molecule has 282 valence electrons. The highest BCUT2D eigenvalue weighted by Crippen LogP contribution is 2.51. The molecule has 0 saturated carbocycles. The minimum atomic E-state index is 0.564. The molecule has 0 N–H and O–H groups in total. The second kappa shape index (κ2) is 12.3. The molecule has 4 heterocycles. The quantitative estimate of drug-likeness (QED) is 0.178. The van der Waals surface area contributed by atoms with Crippen LogP contribution in [0.3, 0.4) is 0 Å². The molecule has 0 bridgehead atoms. The number of rotatable bonds is 4. The average molecular weight is 795 g/mol. The summed E-state index contributed by atoms with van der Waals surface area (Å²) in [6.45, 7) is 0. The van der Waals surface area contributed by atoms with E-state index in [1.165, 1.54) is 64.1 Å². The van der Waals surface area contributed by atoms with Gasteiger partial charge in [0.05, 0.1) is 11.0 Å². The van der Waals surface area contributed by atoms with Crippen LogP contribution in [0.5, 0.6) is 0 Å². The van der Waals surface area contributed by atoms with Gasteiger partial charge in [-0.05, 0) is 105 Å². The van der Waals surface area contributed by atoms with Gasteiger partial charge in [-0.15, -0.1) is 11.3 Å². The van der Waals surface area contributed by atoms with Gasteiger partial charge in [-0.1, -0.05) is 121 Å². The molecule has 0 aliphatic heterocycles. The zero-order valence-electron chi connectivity index (χ0n) is 32.4. The van der Waals surface area contributed by atoms with Crippen LogP contribution < -0.4 is 0 Å². The maximum absolute atomic E-state index is 6.22. The van der Waals surface area contributed by atoms with Gasteiger partial charge in [0.25, 0.3) is 0 Å². The van der Waals surface area contributed by atoms with Crippen molar-refractivity contribution in [1.29, 1.82) is 0 Å². The van der Waals surface area contributed by atoms with E-state index in [2.05, 4.69) is 144 Å². The first-order valence-electron chi connectivity index (χ1n) is 20.5. The van der Waals surface area contributed by atoms with Gasteiger partial charge in [-0.25, -0.2) is 4.98 Å². The maximum atomic E-state index is 6.22. The lowest BCUT2D eigenvalue weighted by molar-refractivity contribution is 0.669. The number of hydrogen-bond donors (Lipinski definition) is 0. The van der Waals surface area contributed by atoms with Crippen molar-refractivity contribution in [3.63, 3.8) is 0 Å². The molecule has 0 atom stereocenters. The molecule has 1 aliphatic rings. The molecule has 13 aromatic rings. The highest BCUT2D eigenvalue weighted by atomic mass is 32.1. The van der Waals surface area contributed by atoms with Crippen LogP contribution in [0.15, 0.2) is 186 Å². The van der Waals surface area contributed by atoms with Gasteiger partial charge in [0.15, 0.2) is 11.6 Å². The van der Waals surface area contributed by atoms with Gasteiger partial charge in [0.1, 0.15) is 11.2 Å². The summed E-state index contributed by atoms with van der Waals surface area (Å²) < 4.78 is 11.1. The van der Waals surface area contributed by atoms with E-state index in [-0.39, 0.29) is 0 Å². The Kier molecular flexibility index (Phi) is 6.65. The fourth-order valence-corrected chi connectivity index (χ4v) is 10.9. The predicted molar refractivity (Wildman–Crippen MR) is 253 cm³/mol. The van der Waals surface area contributed by atoms with E-state index in [1.807, 2.05) is 53.8 Å². The van der Waals surface area contributed by atoms with Gasteiger partial charge in [-0.3, -0.25) is 4.57 Å². The van der Waals surface area contributed by atoms with E-state index in [9.17, 15) is 0 Å².